The highest BCUT2D eigenvalue weighted by molar-refractivity contribution is 5.27. The second kappa shape index (κ2) is 5.88. The highest BCUT2D eigenvalue weighted by Gasteiger charge is 2.13. The van der Waals surface area contributed by atoms with Gasteiger partial charge in [0.15, 0.2) is 0 Å². The Bertz CT molecular complexity index is 352. The van der Waals surface area contributed by atoms with E-state index in [9.17, 15) is 0 Å². The van der Waals surface area contributed by atoms with E-state index in [-0.39, 0.29) is 5.41 Å². The maximum Gasteiger partial charge on any atom is 0.00218 e. The van der Waals surface area contributed by atoms with E-state index < -0.39 is 0 Å². The Hall–Kier alpha value is -0.820. The van der Waals surface area contributed by atoms with Crippen LogP contribution in [0.15, 0.2) is 24.3 Å². The molecule has 0 aliphatic carbocycles. The zero-order valence-electron chi connectivity index (χ0n) is 12.2. The van der Waals surface area contributed by atoms with Crippen molar-refractivity contribution in [1.82, 2.24) is 4.90 Å². The number of nitrogens with zero attached hydrogens (tertiary/aromatic N) is 1. The van der Waals surface area contributed by atoms with Crippen LogP contribution >= 0.6 is 0 Å². The molecule has 1 aromatic carbocycles. The minimum Gasteiger partial charge on any atom is -0.303 e. The topological polar surface area (TPSA) is 3.24 Å². The average molecular weight is 245 g/mol. The number of likely N-dealkylation sites (tertiary alicyclic amines) is 1. The Kier molecular flexibility index (Phi) is 4.45. The zero-order chi connectivity index (χ0) is 13.0. The molecule has 0 amide bonds. The van der Waals surface area contributed by atoms with Crippen molar-refractivity contribution in [1.29, 1.82) is 0 Å². The van der Waals surface area contributed by atoms with Crippen LogP contribution in [-0.2, 0) is 11.8 Å². The van der Waals surface area contributed by atoms with E-state index in [1.165, 1.54) is 56.4 Å². The van der Waals surface area contributed by atoms with Crippen molar-refractivity contribution in [3.8, 4) is 0 Å². The van der Waals surface area contributed by atoms with E-state index in [4.69, 9.17) is 0 Å². The fraction of sp³-hybridized carbons (Fsp3) is 0.647. The van der Waals surface area contributed by atoms with Crippen LogP contribution in [-0.4, -0.2) is 24.5 Å². The normalized spacial score (nSPS) is 17.9. The summed E-state index contributed by atoms with van der Waals surface area (Å²) in [5.74, 6) is 0. The molecule has 100 valence electrons. The molecule has 1 nitrogen and oxygen atoms in total. The third kappa shape index (κ3) is 3.84. The summed E-state index contributed by atoms with van der Waals surface area (Å²) >= 11 is 0. The Labute approximate surface area is 112 Å². The molecule has 1 heterocycles. The summed E-state index contributed by atoms with van der Waals surface area (Å²) in [5, 5.41) is 0. The smallest absolute Gasteiger partial charge is 0.00218 e. The Morgan fingerprint density at radius 1 is 0.944 bits per heavy atom. The molecule has 1 fully saturated rings. The predicted octanol–water partition coefficient (Wildman–Crippen LogP) is 4.01. The van der Waals surface area contributed by atoms with Gasteiger partial charge in [-0.1, -0.05) is 51.5 Å². The first-order valence-electron chi connectivity index (χ1n) is 7.37. The third-order valence-electron chi connectivity index (χ3n) is 3.99. The number of benzene rings is 1. The number of hydrogen-bond donors (Lipinski definition) is 0. The summed E-state index contributed by atoms with van der Waals surface area (Å²) in [6, 6.07) is 9.21. The van der Waals surface area contributed by atoms with Crippen LogP contribution in [0.1, 0.15) is 51.2 Å². The molecule has 0 N–H and O–H groups in total. The van der Waals surface area contributed by atoms with Crippen LogP contribution in [0, 0.1) is 0 Å². The van der Waals surface area contributed by atoms with Gasteiger partial charge in [0.25, 0.3) is 0 Å². The van der Waals surface area contributed by atoms with Gasteiger partial charge in [-0.3, -0.25) is 0 Å². The summed E-state index contributed by atoms with van der Waals surface area (Å²) in [6.45, 7) is 10.7. The standard InChI is InChI=1S/C17H27N/c1-17(2,3)16-9-7-15(8-10-16)11-14-18-12-5-4-6-13-18/h7-10H,4-6,11-14H2,1-3H3. The number of piperidine rings is 1. The number of hydrogen-bond acceptors (Lipinski definition) is 1. The SMILES string of the molecule is CC(C)(C)c1ccc(CCN2CCCCC2)cc1. The highest BCUT2D eigenvalue weighted by atomic mass is 15.1. The van der Waals surface area contributed by atoms with Crippen molar-refractivity contribution in [2.45, 2.75) is 51.9 Å². The zero-order valence-corrected chi connectivity index (χ0v) is 12.2. The molecule has 0 bridgehead atoms. The van der Waals surface area contributed by atoms with Gasteiger partial charge in [-0.15, -0.1) is 0 Å². The fourth-order valence-electron chi connectivity index (χ4n) is 2.64. The quantitative estimate of drug-likeness (QED) is 0.777. The molecule has 2 rings (SSSR count). The van der Waals surface area contributed by atoms with Crippen molar-refractivity contribution >= 4 is 0 Å². The lowest BCUT2D eigenvalue weighted by Gasteiger charge is -2.26. The maximum atomic E-state index is 2.61. The first-order valence-corrected chi connectivity index (χ1v) is 7.37. The summed E-state index contributed by atoms with van der Waals surface area (Å²) in [7, 11) is 0. The minimum absolute atomic E-state index is 0.269. The summed E-state index contributed by atoms with van der Waals surface area (Å²) in [4.78, 5) is 2.61. The van der Waals surface area contributed by atoms with E-state index in [2.05, 4.69) is 49.9 Å². The average Bonchev–Trinajstić information content (AvgIpc) is 2.37. The molecular formula is C17H27N. The van der Waals surface area contributed by atoms with Gasteiger partial charge in [0.1, 0.15) is 0 Å². The first-order chi connectivity index (χ1) is 8.55. The van der Waals surface area contributed by atoms with Gasteiger partial charge in [0, 0.05) is 6.54 Å². The lowest BCUT2D eigenvalue weighted by Crippen LogP contribution is -2.31. The molecule has 0 saturated carbocycles. The Morgan fingerprint density at radius 2 is 1.56 bits per heavy atom. The second-order valence-electron chi connectivity index (χ2n) is 6.60. The molecule has 0 radical (unpaired) electrons. The van der Waals surface area contributed by atoms with Crippen molar-refractivity contribution in [2.75, 3.05) is 19.6 Å². The van der Waals surface area contributed by atoms with E-state index in [1.807, 2.05) is 0 Å². The molecule has 0 aromatic heterocycles. The van der Waals surface area contributed by atoms with Crippen LogP contribution in [0.4, 0.5) is 0 Å². The van der Waals surface area contributed by atoms with Crippen molar-refractivity contribution in [3.63, 3.8) is 0 Å². The number of rotatable bonds is 3. The van der Waals surface area contributed by atoms with Crippen molar-refractivity contribution in [3.05, 3.63) is 35.4 Å². The molecule has 1 saturated heterocycles. The molecule has 0 unspecified atom stereocenters. The third-order valence-corrected chi connectivity index (χ3v) is 3.99. The van der Waals surface area contributed by atoms with E-state index >= 15 is 0 Å². The fourth-order valence-corrected chi connectivity index (χ4v) is 2.64. The summed E-state index contributed by atoms with van der Waals surface area (Å²) < 4.78 is 0. The first kappa shape index (κ1) is 13.6. The highest BCUT2D eigenvalue weighted by Crippen LogP contribution is 2.22. The van der Waals surface area contributed by atoms with Gasteiger partial charge in [-0.2, -0.15) is 0 Å². The Morgan fingerprint density at radius 3 is 2.11 bits per heavy atom. The van der Waals surface area contributed by atoms with Crippen LogP contribution < -0.4 is 0 Å². The van der Waals surface area contributed by atoms with Gasteiger partial charge in [-0.25, -0.2) is 0 Å². The van der Waals surface area contributed by atoms with E-state index in [1.54, 1.807) is 0 Å². The van der Waals surface area contributed by atoms with Crippen LogP contribution in [0.3, 0.4) is 0 Å². The van der Waals surface area contributed by atoms with Crippen molar-refractivity contribution < 1.29 is 0 Å². The minimum atomic E-state index is 0.269. The van der Waals surface area contributed by atoms with Gasteiger partial charge in [0.05, 0.1) is 0 Å². The van der Waals surface area contributed by atoms with Gasteiger partial charge >= 0.3 is 0 Å². The summed E-state index contributed by atoms with van der Waals surface area (Å²) in [6.07, 6.45) is 5.41. The van der Waals surface area contributed by atoms with Gasteiger partial charge < -0.3 is 4.90 Å². The Balaban J connectivity index is 1.86. The molecule has 1 aliphatic heterocycles. The predicted molar refractivity (Wildman–Crippen MR) is 79.1 cm³/mol. The second-order valence-corrected chi connectivity index (χ2v) is 6.60. The molecular weight excluding hydrogens is 218 g/mol. The molecule has 1 aromatic rings. The molecule has 1 heteroatoms. The van der Waals surface area contributed by atoms with Crippen LogP contribution in [0.25, 0.3) is 0 Å². The van der Waals surface area contributed by atoms with E-state index in [0.29, 0.717) is 0 Å². The van der Waals surface area contributed by atoms with Gasteiger partial charge in [-0.05, 0) is 48.9 Å². The molecule has 18 heavy (non-hydrogen) atoms. The van der Waals surface area contributed by atoms with Crippen molar-refractivity contribution in [2.24, 2.45) is 0 Å². The lowest BCUT2D eigenvalue weighted by atomic mass is 9.86. The maximum absolute atomic E-state index is 2.61. The lowest BCUT2D eigenvalue weighted by molar-refractivity contribution is 0.231. The van der Waals surface area contributed by atoms with Crippen LogP contribution in [0.5, 0.6) is 0 Å². The van der Waals surface area contributed by atoms with Gasteiger partial charge in [0.2, 0.25) is 0 Å². The van der Waals surface area contributed by atoms with Crippen LogP contribution in [0.2, 0.25) is 0 Å². The van der Waals surface area contributed by atoms with E-state index in [0.717, 1.165) is 0 Å². The molecule has 0 spiro atoms. The molecule has 0 atom stereocenters. The molecule has 1 aliphatic rings. The summed E-state index contributed by atoms with van der Waals surface area (Å²) in [5.41, 5.74) is 3.18. The monoisotopic (exact) mass is 245 g/mol. The largest absolute Gasteiger partial charge is 0.303 e.